The van der Waals surface area contributed by atoms with Gasteiger partial charge in [0.05, 0.1) is 49.9 Å². The number of aryl methyl sites for hydroxylation is 2. The summed E-state index contributed by atoms with van der Waals surface area (Å²) >= 11 is 12.7. The number of rotatable bonds is 10. The highest BCUT2D eigenvalue weighted by Crippen LogP contribution is 2.48. The molecule has 4 aliphatic carbocycles. The molecule has 10 nitrogen and oxygen atoms in total. The van der Waals surface area contributed by atoms with Crippen molar-refractivity contribution in [2.24, 2.45) is 23.7 Å². The summed E-state index contributed by atoms with van der Waals surface area (Å²) in [6.45, 7) is 4.47. The molecule has 356 valence electrons. The lowest BCUT2D eigenvalue weighted by Crippen LogP contribution is -2.48. The van der Waals surface area contributed by atoms with Crippen molar-refractivity contribution in [2.45, 2.75) is 75.0 Å². The molecule has 12 heteroatoms. The Morgan fingerprint density at radius 2 is 1.07 bits per heavy atom. The molecule has 4 aromatic rings. The number of allylic oxidation sites excluding steroid dienone is 4. The Labute approximate surface area is 409 Å². The Balaban J connectivity index is 0.000000170. The van der Waals surface area contributed by atoms with Gasteiger partial charge in [-0.3, -0.25) is 9.59 Å². The Hall–Kier alpha value is -5.58. The number of nitrogens with zero attached hydrogens (tertiary/aromatic N) is 2. The molecule has 0 N–H and O–H groups in total. The number of carbonyl (C=O) groups excluding carboxylic acids is 4. The van der Waals surface area contributed by atoms with Gasteiger partial charge in [0.25, 0.3) is 0 Å². The van der Waals surface area contributed by atoms with Gasteiger partial charge in [-0.2, -0.15) is 0 Å². The molecule has 0 amide bonds. The first-order chi connectivity index (χ1) is 33.1. The van der Waals surface area contributed by atoms with Gasteiger partial charge in [-0.25, -0.2) is 9.59 Å². The number of methoxy groups -OCH3 is 2. The lowest BCUT2D eigenvalue weighted by atomic mass is 9.69. The van der Waals surface area contributed by atoms with Crippen LogP contribution in [0.15, 0.2) is 97.1 Å². The predicted octanol–water partition coefficient (Wildman–Crippen LogP) is 10.8. The standard InChI is InChI=1S/2C28H30ClNO4/c2*1-33-27(32)21-8-11-26-25(15-21)30(16-22-7-6-19(22)5-3-13-31)17-28(18-34-26)12-2-4-20-14-23(29)9-10-24(20)28/h2*3,5,8-11,13-15,19,22H,2,4,6-7,12,16-18H2,1H3/b5-3+;5-3-/t2*19-,22+,28+/m11/s1. The summed E-state index contributed by atoms with van der Waals surface area (Å²) in [4.78, 5) is 51.1. The molecule has 0 bridgehead atoms. The maximum absolute atomic E-state index is 12.3. The maximum Gasteiger partial charge on any atom is 0.337 e. The van der Waals surface area contributed by atoms with Crippen LogP contribution in [-0.2, 0) is 42.7 Å². The van der Waals surface area contributed by atoms with Crippen molar-refractivity contribution in [2.75, 3.05) is 63.4 Å². The van der Waals surface area contributed by atoms with Gasteiger partial charge in [-0.15, -0.1) is 0 Å². The van der Waals surface area contributed by atoms with E-state index in [1.54, 1.807) is 24.3 Å². The van der Waals surface area contributed by atoms with Crippen LogP contribution in [0.4, 0.5) is 11.4 Å². The molecule has 2 saturated carbocycles. The van der Waals surface area contributed by atoms with E-state index in [0.717, 1.165) is 136 Å². The molecular formula is C56H60Cl2N2O8. The average molecular weight is 960 g/mol. The second-order valence-corrected chi connectivity index (χ2v) is 20.5. The van der Waals surface area contributed by atoms with E-state index in [4.69, 9.17) is 42.1 Å². The zero-order chi connectivity index (χ0) is 47.4. The lowest BCUT2D eigenvalue weighted by molar-refractivity contribution is -0.104. The van der Waals surface area contributed by atoms with Crippen LogP contribution in [0.3, 0.4) is 0 Å². The third-order valence-corrected chi connectivity index (χ3v) is 16.1. The van der Waals surface area contributed by atoms with Crippen molar-refractivity contribution in [1.82, 2.24) is 0 Å². The fourth-order valence-corrected chi connectivity index (χ4v) is 12.2. The molecule has 0 aromatic heterocycles. The van der Waals surface area contributed by atoms with Crippen molar-refractivity contribution >= 4 is 59.1 Å². The largest absolute Gasteiger partial charge is 0.490 e. The highest BCUT2D eigenvalue weighted by atomic mass is 35.5. The molecule has 2 heterocycles. The highest BCUT2D eigenvalue weighted by Gasteiger charge is 2.45. The molecule has 2 aliphatic heterocycles. The average Bonchev–Trinajstić information content (AvgIpc) is 3.59. The summed E-state index contributed by atoms with van der Waals surface area (Å²) in [7, 11) is 2.80. The summed E-state index contributed by atoms with van der Waals surface area (Å²) in [6.07, 6.45) is 19.8. The number of halogens is 2. The molecule has 0 unspecified atom stereocenters. The van der Waals surface area contributed by atoms with Crippen LogP contribution in [-0.4, -0.2) is 78.1 Å². The van der Waals surface area contributed by atoms with Crippen LogP contribution in [0.25, 0.3) is 0 Å². The molecule has 4 aromatic carbocycles. The van der Waals surface area contributed by atoms with Crippen molar-refractivity contribution < 1.29 is 38.1 Å². The monoisotopic (exact) mass is 958 g/mol. The summed E-state index contributed by atoms with van der Waals surface area (Å²) < 4.78 is 22.9. The zero-order valence-corrected chi connectivity index (χ0v) is 40.4. The van der Waals surface area contributed by atoms with E-state index in [0.29, 0.717) is 48.0 Å². The molecule has 68 heavy (non-hydrogen) atoms. The molecule has 2 fully saturated rings. The van der Waals surface area contributed by atoms with Crippen LogP contribution in [0, 0.1) is 23.7 Å². The maximum atomic E-state index is 12.3. The second kappa shape index (κ2) is 20.6. The number of benzene rings is 4. The number of carbonyl (C=O) groups is 4. The molecule has 6 atom stereocenters. The SMILES string of the molecule is COC(=O)c1ccc2c(c1)N(C[C@@H]1CC[C@H]1/C=C/C=O)C[C@@]1(CCCc3cc(Cl)ccc31)CO2.COC(=O)c1ccc2c(c1)N(C[C@@H]1CC[C@H]1/C=C\C=O)C[C@@]1(CCCc3cc(Cl)ccc31)CO2. The van der Waals surface area contributed by atoms with Gasteiger partial charge in [0.15, 0.2) is 0 Å². The molecule has 10 rings (SSSR count). The van der Waals surface area contributed by atoms with Gasteiger partial charge in [0.2, 0.25) is 0 Å². The summed E-state index contributed by atoms with van der Waals surface area (Å²) in [6, 6.07) is 23.6. The zero-order valence-electron chi connectivity index (χ0n) is 38.9. The normalized spacial score (nSPS) is 25.6. The van der Waals surface area contributed by atoms with Crippen LogP contribution in [0.5, 0.6) is 11.5 Å². The van der Waals surface area contributed by atoms with Crippen molar-refractivity contribution in [3.8, 4) is 11.5 Å². The van der Waals surface area contributed by atoms with E-state index in [9.17, 15) is 19.2 Å². The number of esters is 2. The van der Waals surface area contributed by atoms with E-state index >= 15 is 0 Å². The number of aldehydes is 2. The third-order valence-electron chi connectivity index (χ3n) is 15.7. The van der Waals surface area contributed by atoms with Gasteiger partial charge >= 0.3 is 11.9 Å². The second-order valence-electron chi connectivity index (χ2n) is 19.6. The Bertz CT molecular complexity index is 2440. The summed E-state index contributed by atoms with van der Waals surface area (Å²) in [5.74, 6) is 2.59. The minimum absolute atomic E-state index is 0.152. The smallest absolute Gasteiger partial charge is 0.337 e. The predicted molar refractivity (Wildman–Crippen MR) is 266 cm³/mol. The van der Waals surface area contributed by atoms with Crippen LogP contribution in [0.2, 0.25) is 10.0 Å². The third kappa shape index (κ3) is 9.68. The molecule has 6 aliphatic rings. The van der Waals surface area contributed by atoms with E-state index < -0.39 is 0 Å². The Morgan fingerprint density at radius 1 is 0.632 bits per heavy atom. The number of hydrogen-bond donors (Lipinski definition) is 0. The van der Waals surface area contributed by atoms with Gasteiger partial charge < -0.3 is 28.7 Å². The van der Waals surface area contributed by atoms with Crippen molar-refractivity contribution in [1.29, 1.82) is 0 Å². The van der Waals surface area contributed by atoms with Gasteiger partial charge in [-0.05, 0) is 183 Å². The van der Waals surface area contributed by atoms with Crippen LogP contribution in [0.1, 0.15) is 94.3 Å². The summed E-state index contributed by atoms with van der Waals surface area (Å²) in [5, 5.41) is 1.54. The van der Waals surface area contributed by atoms with E-state index in [-0.39, 0.29) is 22.8 Å². The first-order valence-corrected chi connectivity index (χ1v) is 24.8. The van der Waals surface area contributed by atoms with Gasteiger partial charge in [0, 0.05) is 47.1 Å². The first-order valence-electron chi connectivity index (χ1n) is 24.1. The van der Waals surface area contributed by atoms with Crippen molar-refractivity contribution in [3.63, 3.8) is 0 Å². The van der Waals surface area contributed by atoms with Crippen LogP contribution >= 0.6 is 23.2 Å². The Kier molecular flexibility index (Phi) is 14.4. The quantitative estimate of drug-likeness (QED) is 0.0865. The lowest BCUT2D eigenvalue weighted by Gasteiger charge is -2.44. The molecular weight excluding hydrogens is 900 g/mol. The minimum Gasteiger partial charge on any atom is -0.490 e. The number of anilines is 2. The fraction of sp³-hybridized carbons (Fsp3) is 0.429. The fourth-order valence-electron chi connectivity index (χ4n) is 11.8. The van der Waals surface area contributed by atoms with Crippen LogP contribution < -0.4 is 19.3 Å². The topological polar surface area (TPSA) is 112 Å². The van der Waals surface area contributed by atoms with Gasteiger partial charge in [0.1, 0.15) is 24.1 Å². The number of fused-ring (bicyclic) bond motifs is 6. The molecule has 0 radical (unpaired) electrons. The number of hydrogen-bond acceptors (Lipinski definition) is 10. The van der Waals surface area contributed by atoms with Crippen molar-refractivity contribution in [3.05, 3.63) is 141 Å². The first kappa shape index (κ1) is 47.5. The highest BCUT2D eigenvalue weighted by molar-refractivity contribution is 6.31. The van der Waals surface area contributed by atoms with E-state index in [2.05, 4.69) is 34.1 Å². The summed E-state index contributed by atoms with van der Waals surface area (Å²) in [5.41, 5.74) is 7.86. The molecule has 2 spiro atoms. The van der Waals surface area contributed by atoms with E-state index in [1.165, 1.54) is 36.5 Å². The van der Waals surface area contributed by atoms with E-state index in [1.807, 2.05) is 48.6 Å². The van der Waals surface area contributed by atoms with Gasteiger partial charge in [-0.1, -0.05) is 47.5 Å². The minimum atomic E-state index is -0.352. The Morgan fingerprint density at radius 3 is 1.46 bits per heavy atom. The number of ether oxygens (including phenoxy) is 4. The molecule has 0 saturated heterocycles.